The van der Waals surface area contributed by atoms with Crippen LogP contribution in [-0.4, -0.2) is 58.7 Å². The third-order valence-corrected chi connectivity index (χ3v) is 6.39. The summed E-state index contributed by atoms with van der Waals surface area (Å²) in [5.74, 6) is -0.0286. The normalized spacial score (nSPS) is 16.3. The summed E-state index contributed by atoms with van der Waals surface area (Å²) in [6.07, 6.45) is 1.71. The van der Waals surface area contributed by atoms with Gasteiger partial charge in [0.1, 0.15) is 10.7 Å². The van der Waals surface area contributed by atoms with E-state index in [-0.39, 0.29) is 18.0 Å². The molecule has 0 N–H and O–H groups in total. The van der Waals surface area contributed by atoms with E-state index >= 15 is 0 Å². The van der Waals surface area contributed by atoms with Crippen LogP contribution in [0.15, 0.2) is 41.4 Å². The number of fused-ring (bicyclic) bond motifs is 1. The van der Waals surface area contributed by atoms with E-state index in [1.54, 1.807) is 10.7 Å². The van der Waals surface area contributed by atoms with Crippen molar-refractivity contribution >= 4 is 21.4 Å². The van der Waals surface area contributed by atoms with Gasteiger partial charge in [0.2, 0.25) is 10.0 Å². The first-order valence-corrected chi connectivity index (χ1v) is 9.58. The largest absolute Gasteiger partial charge is 0.367 e. The number of halogens is 1. The van der Waals surface area contributed by atoms with Crippen molar-refractivity contribution in [2.45, 2.75) is 11.8 Å². The zero-order chi connectivity index (χ0) is 18.3. The Morgan fingerprint density at radius 3 is 2.54 bits per heavy atom. The molecule has 8 nitrogen and oxygen atoms in total. The molecule has 0 radical (unpaired) electrons. The molecule has 1 fully saturated rings. The minimum Gasteiger partial charge on any atom is -0.367 e. The van der Waals surface area contributed by atoms with E-state index in [0.29, 0.717) is 24.6 Å². The van der Waals surface area contributed by atoms with Gasteiger partial charge in [-0.25, -0.2) is 12.8 Å². The maximum atomic E-state index is 13.9. The lowest BCUT2D eigenvalue weighted by Gasteiger charge is -2.35. The topological polar surface area (TPSA) is 83.7 Å². The van der Waals surface area contributed by atoms with Gasteiger partial charge in [-0.2, -0.15) is 13.9 Å². The summed E-state index contributed by atoms with van der Waals surface area (Å²) in [4.78, 5) is 1.75. The average molecular weight is 376 g/mol. The molecule has 0 unspecified atom stereocenters. The van der Waals surface area contributed by atoms with Crippen molar-refractivity contribution in [3.8, 4) is 0 Å². The molecular weight excluding hydrogens is 359 g/mol. The molecule has 3 heterocycles. The molecule has 2 aromatic heterocycles. The van der Waals surface area contributed by atoms with Gasteiger partial charge in [-0.15, -0.1) is 10.2 Å². The van der Waals surface area contributed by atoms with Gasteiger partial charge in [-0.3, -0.25) is 0 Å². The van der Waals surface area contributed by atoms with E-state index in [9.17, 15) is 12.8 Å². The van der Waals surface area contributed by atoms with Gasteiger partial charge in [-0.05, 0) is 19.1 Å². The summed E-state index contributed by atoms with van der Waals surface area (Å²) in [5, 5.41) is 12.3. The van der Waals surface area contributed by atoms with Crippen LogP contribution in [-0.2, 0) is 10.0 Å². The van der Waals surface area contributed by atoms with Gasteiger partial charge in [0, 0.05) is 32.2 Å². The maximum absolute atomic E-state index is 13.9. The molecule has 136 valence electrons. The molecule has 10 heteroatoms. The fourth-order valence-corrected chi connectivity index (χ4v) is 4.53. The van der Waals surface area contributed by atoms with Crippen molar-refractivity contribution in [2.24, 2.45) is 0 Å². The molecule has 0 aliphatic carbocycles. The number of hydrogen-bond donors (Lipinski definition) is 0. The van der Waals surface area contributed by atoms with Crippen LogP contribution in [0.1, 0.15) is 5.82 Å². The third-order valence-electron chi connectivity index (χ3n) is 4.46. The standard InChI is InChI=1S/C16H17FN6O2S/c1-12-19-20-16-10-13(11-18-23(12)16)21-6-8-22(9-7-21)26(24,25)15-5-3-2-4-14(15)17/h2-5,10-11H,6-9H2,1H3. The van der Waals surface area contributed by atoms with Crippen LogP contribution in [0.2, 0.25) is 0 Å². The minimum absolute atomic E-state index is 0.271. The number of sulfonamides is 1. The zero-order valence-corrected chi connectivity index (χ0v) is 14.9. The maximum Gasteiger partial charge on any atom is 0.246 e. The third kappa shape index (κ3) is 2.80. The van der Waals surface area contributed by atoms with Crippen molar-refractivity contribution in [3.05, 3.63) is 48.2 Å². The average Bonchev–Trinajstić information content (AvgIpc) is 3.02. The first-order valence-electron chi connectivity index (χ1n) is 8.14. The Morgan fingerprint density at radius 1 is 1.08 bits per heavy atom. The Kier molecular flexibility index (Phi) is 4.08. The minimum atomic E-state index is -3.84. The molecule has 4 rings (SSSR count). The lowest BCUT2D eigenvalue weighted by Crippen LogP contribution is -2.48. The first kappa shape index (κ1) is 16.9. The molecule has 1 aliphatic rings. The molecule has 26 heavy (non-hydrogen) atoms. The highest BCUT2D eigenvalue weighted by Crippen LogP contribution is 2.23. The van der Waals surface area contributed by atoms with E-state index in [0.717, 1.165) is 11.8 Å². The number of hydrogen-bond acceptors (Lipinski definition) is 6. The van der Waals surface area contributed by atoms with E-state index < -0.39 is 15.8 Å². The van der Waals surface area contributed by atoms with Crippen LogP contribution in [0.25, 0.3) is 5.65 Å². The summed E-state index contributed by atoms with van der Waals surface area (Å²) in [7, 11) is -3.84. The van der Waals surface area contributed by atoms with Gasteiger partial charge in [0.15, 0.2) is 11.5 Å². The molecule has 0 spiro atoms. The lowest BCUT2D eigenvalue weighted by atomic mass is 10.3. The first-order chi connectivity index (χ1) is 12.5. The predicted octanol–water partition coefficient (Wildman–Crippen LogP) is 1.08. The summed E-state index contributed by atoms with van der Waals surface area (Å²) in [6.45, 7) is 3.33. The van der Waals surface area contributed by atoms with Crippen LogP contribution >= 0.6 is 0 Å². The summed E-state index contributed by atoms with van der Waals surface area (Å²) in [6, 6.07) is 7.32. The highest BCUT2D eigenvalue weighted by atomic mass is 32.2. The van der Waals surface area contributed by atoms with E-state index in [1.807, 2.05) is 17.9 Å². The summed E-state index contributed by atoms with van der Waals surface area (Å²) >= 11 is 0. The van der Waals surface area contributed by atoms with Crippen LogP contribution in [0.3, 0.4) is 0 Å². The Morgan fingerprint density at radius 2 is 1.81 bits per heavy atom. The number of aromatic nitrogens is 4. The second kappa shape index (κ2) is 6.29. The van der Waals surface area contributed by atoms with E-state index in [2.05, 4.69) is 15.3 Å². The van der Waals surface area contributed by atoms with Gasteiger partial charge >= 0.3 is 0 Å². The number of benzene rings is 1. The van der Waals surface area contributed by atoms with Gasteiger partial charge in [0.25, 0.3) is 0 Å². The SMILES string of the molecule is Cc1nnc2cc(N3CCN(S(=O)(=O)c4ccccc4F)CC3)cnn12. The quantitative estimate of drug-likeness (QED) is 0.680. The van der Waals surface area contributed by atoms with Crippen molar-refractivity contribution < 1.29 is 12.8 Å². The van der Waals surface area contributed by atoms with Crippen LogP contribution < -0.4 is 4.90 Å². The highest BCUT2D eigenvalue weighted by molar-refractivity contribution is 7.89. The Balaban J connectivity index is 1.52. The molecule has 0 atom stereocenters. The van der Waals surface area contributed by atoms with Gasteiger partial charge < -0.3 is 4.90 Å². The van der Waals surface area contributed by atoms with Gasteiger partial charge in [0.05, 0.1) is 11.9 Å². The lowest BCUT2D eigenvalue weighted by molar-refractivity contribution is 0.382. The van der Waals surface area contributed by atoms with Crippen molar-refractivity contribution in [3.63, 3.8) is 0 Å². The second-order valence-corrected chi connectivity index (χ2v) is 7.96. The Labute approximate surface area is 149 Å². The molecule has 1 saturated heterocycles. The molecule has 1 aromatic carbocycles. The summed E-state index contributed by atoms with van der Waals surface area (Å²) < 4.78 is 42.2. The molecule has 0 saturated carbocycles. The number of rotatable bonds is 3. The number of piperazine rings is 1. The molecule has 0 bridgehead atoms. The summed E-state index contributed by atoms with van der Waals surface area (Å²) in [5.41, 5.74) is 1.49. The smallest absolute Gasteiger partial charge is 0.246 e. The number of aryl methyl sites for hydroxylation is 1. The fourth-order valence-electron chi connectivity index (χ4n) is 3.05. The van der Waals surface area contributed by atoms with E-state index in [4.69, 9.17) is 0 Å². The second-order valence-electron chi connectivity index (χ2n) is 6.05. The van der Waals surface area contributed by atoms with Crippen LogP contribution in [0.4, 0.5) is 10.1 Å². The molecule has 3 aromatic rings. The van der Waals surface area contributed by atoms with Crippen LogP contribution in [0.5, 0.6) is 0 Å². The van der Waals surface area contributed by atoms with Crippen LogP contribution in [0, 0.1) is 12.7 Å². The monoisotopic (exact) mass is 376 g/mol. The molecular formula is C16H17FN6O2S. The fraction of sp³-hybridized carbons (Fsp3) is 0.312. The van der Waals surface area contributed by atoms with Crippen molar-refractivity contribution in [1.82, 2.24) is 24.1 Å². The van der Waals surface area contributed by atoms with Crippen molar-refractivity contribution in [2.75, 3.05) is 31.1 Å². The Bertz CT molecular complexity index is 1060. The Hall–Kier alpha value is -2.59. The van der Waals surface area contributed by atoms with Gasteiger partial charge in [-0.1, -0.05) is 12.1 Å². The number of anilines is 1. The highest BCUT2D eigenvalue weighted by Gasteiger charge is 2.30. The van der Waals surface area contributed by atoms with E-state index in [1.165, 1.54) is 22.5 Å². The van der Waals surface area contributed by atoms with Crippen molar-refractivity contribution in [1.29, 1.82) is 0 Å². The number of nitrogens with zero attached hydrogens (tertiary/aromatic N) is 6. The zero-order valence-electron chi connectivity index (χ0n) is 14.1. The molecule has 1 aliphatic heterocycles. The molecule has 0 amide bonds. The predicted molar refractivity (Wildman–Crippen MR) is 92.9 cm³/mol.